The lowest BCUT2D eigenvalue weighted by molar-refractivity contribution is -0.120. The Bertz CT molecular complexity index is 1220. The van der Waals surface area contributed by atoms with Crippen LogP contribution in [0.4, 0.5) is 4.39 Å². The van der Waals surface area contributed by atoms with Gasteiger partial charge in [-0.3, -0.25) is 4.79 Å². The average Bonchev–Trinajstić information content (AvgIpc) is 3.07. The number of hydrogen-bond donors (Lipinski definition) is 2. The van der Waals surface area contributed by atoms with Crippen molar-refractivity contribution in [2.24, 2.45) is 0 Å². The highest BCUT2D eigenvalue weighted by Gasteiger charge is 2.28. The highest BCUT2D eigenvalue weighted by atomic mass is 32.2. The number of carbonyl (C=O) groups is 1. The maximum Gasteiger partial charge on any atom is 0.243 e. The van der Waals surface area contributed by atoms with Gasteiger partial charge in [-0.15, -0.1) is 0 Å². The fourth-order valence-electron chi connectivity index (χ4n) is 3.83. The van der Waals surface area contributed by atoms with Crippen molar-refractivity contribution in [2.75, 3.05) is 26.3 Å². The number of nitrogens with zero attached hydrogens (tertiary/aromatic N) is 1. The van der Waals surface area contributed by atoms with E-state index < -0.39 is 10.0 Å². The lowest BCUT2D eigenvalue weighted by Gasteiger charge is -2.27. The van der Waals surface area contributed by atoms with Crippen molar-refractivity contribution in [3.8, 4) is 0 Å². The van der Waals surface area contributed by atoms with Gasteiger partial charge in [0.25, 0.3) is 0 Å². The van der Waals surface area contributed by atoms with Crippen molar-refractivity contribution in [3.63, 3.8) is 0 Å². The first kappa shape index (κ1) is 21.5. The number of halogens is 1. The standard InChI is InChI=1S/C22H24FN3O4S/c1-15-18(19-12-17(23)6-7-20(19)25-15)13-22(27)24-14-16-4-2-3-5-21(16)31(28,29)26-8-10-30-11-9-26/h2-7,12,25H,8-11,13-14H2,1H3,(H,24,27). The smallest absolute Gasteiger partial charge is 0.243 e. The molecule has 1 saturated heterocycles. The van der Waals surface area contributed by atoms with E-state index in [0.717, 1.165) is 16.8 Å². The van der Waals surface area contributed by atoms with Gasteiger partial charge in [0.1, 0.15) is 5.82 Å². The molecular formula is C22H24FN3O4S. The number of aromatic nitrogens is 1. The maximum absolute atomic E-state index is 13.7. The first-order valence-electron chi connectivity index (χ1n) is 10.1. The van der Waals surface area contributed by atoms with Crippen LogP contribution in [0.2, 0.25) is 0 Å². The van der Waals surface area contributed by atoms with Crippen molar-refractivity contribution in [2.45, 2.75) is 24.8 Å². The van der Waals surface area contributed by atoms with Gasteiger partial charge in [0.2, 0.25) is 15.9 Å². The number of morpholine rings is 1. The number of carbonyl (C=O) groups excluding carboxylic acids is 1. The van der Waals surface area contributed by atoms with E-state index in [-0.39, 0.29) is 29.6 Å². The molecule has 7 nitrogen and oxygen atoms in total. The Labute approximate surface area is 180 Å². The molecule has 3 aromatic rings. The molecule has 0 saturated carbocycles. The van der Waals surface area contributed by atoms with Gasteiger partial charge >= 0.3 is 0 Å². The SMILES string of the molecule is Cc1[nH]c2ccc(F)cc2c1CC(=O)NCc1ccccc1S(=O)(=O)N1CCOCC1. The monoisotopic (exact) mass is 445 g/mol. The molecule has 2 aromatic carbocycles. The first-order valence-corrected chi connectivity index (χ1v) is 11.5. The van der Waals surface area contributed by atoms with Crippen LogP contribution in [0.3, 0.4) is 0 Å². The summed E-state index contributed by atoms with van der Waals surface area (Å²) in [5, 5.41) is 3.47. The van der Waals surface area contributed by atoms with Crippen LogP contribution in [-0.2, 0) is 32.5 Å². The van der Waals surface area contributed by atoms with Gasteiger partial charge < -0.3 is 15.0 Å². The molecule has 1 aliphatic heterocycles. The lowest BCUT2D eigenvalue weighted by Crippen LogP contribution is -2.41. The molecule has 0 unspecified atom stereocenters. The molecule has 0 radical (unpaired) electrons. The molecule has 1 amide bonds. The van der Waals surface area contributed by atoms with Crippen LogP contribution >= 0.6 is 0 Å². The summed E-state index contributed by atoms with van der Waals surface area (Å²) < 4.78 is 46.4. The van der Waals surface area contributed by atoms with Crippen molar-refractivity contribution >= 4 is 26.8 Å². The molecular weight excluding hydrogens is 421 g/mol. The van der Waals surface area contributed by atoms with Gasteiger partial charge in [0.05, 0.1) is 24.5 Å². The van der Waals surface area contributed by atoms with Gasteiger partial charge in [0.15, 0.2) is 0 Å². The van der Waals surface area contributed by atoms with Gasteiger partial charge in [0, 0.05) is 36.2 Å². The van der Waals surface area contributed by atoms with Crippen molar-refractivity contribution < 1.29 is 22.3 Å². The van der Waals surface area contributed by atoms with Crippen LogP contribution in [0.25, 0.3) is 10.9 Å². The molecule has 9 heteroatoms. The number of fused-ring (bicyclic) bond motifs is 1. The quantitative estimate of drug-likeness (QED) is 0.610. The highest BCUT2D eigenvalue weighted by molar-refractivity contribution is 7.89. The van der Waals surface area contributed by atoms with Crippen LogP contribution in [0.5, 0.6) is 0 Å². The molecule has 31 heavy (non-hydrogen) atoms. The summed E-state index contributed by atoms with van der Waals surface area (Å²) in [6.07, 6.45) is 0.0632. The van der Waals surface area contributed by atoms with E-state index in [1.807, 2.05) is 6.92 Å². The molecule has 164 valence electrons. The predicted molar refractivity (Wildman–Crippen MR) is 115 cm³/mol. The van der Waals surface area contributed by atoms with E-state index in [1.54, 1.807) is 30.3 Å². The molecule has 0 spiro atoms. The third-order valence-electron chi connectivity index (χ3n) is 5.46. The fraction of sp³-hybridized carbons (Fsp3) is 0.318. The molecule has 1 fully saturated rings. The second kappa shape index (κ2) is 8.78. The Morgan fingerprint density at radius 1 is 1.19 bits per heavy atom. The zero-order chi connectivity index (χ0) is 22.0. The lowest BCUT2D eigenvalue weighted by atomic mass is 10.1. The number of hydrogen-bond acceptors (Lipinski definition) is 4. The minimum absolute atomic E-state index is 0.0632. The van der Waals surface area contributed by atoms with Crippen LogP contribution in [0.1, 0.15) is 16.8 Å². The van der Waals surface area contributed by atoms with Crippen LogP contribution in [-0.4, -0.2) is 49.9 Å². The fourth-order valence-corrected chi connectivity index (χ4v) is 5.46. The molecule has 2 N–H and O–H groups in total. The number of amides is 1. The van der Waals surface area contributed by atoms with E-state index >= 15 is 0 Å². The van der Waals surface area contributed by atoms with E-state index in [1.165, 1.54) is 16.4 Å². The Morgan fingerprint density at radius 2 is 1.94 bits per heavy atom. The normalized spacial score (nSPS) is 15.3. The second-order valence-corrected chi connectivity index (χ2v) is 9.40. The minimum Gasteiger partial charge on any atom is -0.379 e. The summed E-state index contributed by atoms with van der Waals surface area (Å²) in [7, 11) is -3.68. The Kier molecular flexibility index (Phi) is 6.08. The Morgan fingerprint density at radius 3 is 2.71 bits per heavy atom. The summed E-state index contributed by atoms with van der Waals surface area (Å²) in [4.78, 5) is 16.0. The number of sulfonamides is 1. The predicted octanol–water partition coefficient (Wildman–Crippen LogP) is 2.50. The summed E-state index contributed by atoms with van der Waals surface area (Å²) in [6, 6.07) is 11.1. The number of aryl methyl sites for hydroxylation is 1. The average molecular weight is 446 g/mol. The Hall–Kier alpha value is -2.75. The second-order valence-electron chi connectivity index (χ2n) is 7.50. The van der Waals surface area contributed by atoms with Gasteiger partial charge in [-0.05, 0) is 42.3 Å². The first-order chi connectivity index (χ1) is 14.9. The molecule has 4 rings (SSSR count). The Balaban J connectivity index is 1.50. The van der Waals surface area contributed by atoms with Crippen LogP contribution < -0.4 is 5.32 Å². The van der Waals surface area contributed by atoms with Gasteiger partial charge in [-0.1, -0.05) is 18.2 Å². The number of benzene rings is 2. The zero-order valence-corrected chi connectivity index (χ0v) is 18.0. The number of H-pyrrole nitrogens is 1. The maximum atomic E-state index is 13.7. The van der Waals surface area contributed by atoms with Crippen LogP contribution in [0, 0.1) is 12.7 Å². The zero-order valence-electron chi connectivity index (χ0n) is 17.2. The summed E-state index contributed by atoms with van der Waals surface area (Å²) in [6.45, 7) is 3.25. The van der Waals surface area contributed by atoms with Crippen molar-refractivity contribution in [3.05, 3.63) is 65.1 Å². The number of ether oxygens (including phenoxy) is 1. The molecule has 0 aliphatic carbocycles. The molecule has 2 heterocycles. The molecule has 1 aromatic heterocycles. The number of aromatic amines is 1. The summed E-state index contributed by atoms with van der Waals surface area (Å²) in [5.74, 6) is -0.637. The molecule has 0 atom stereocenters. The van der Waals surface area contributed by atoms with E-state index in [4.69, 9.17) is 4.74 Å². The van der Waals surface area contributed by atoms with Gasteiger partial charge in [-0.2, -0.15) is 4.31 Å². The summed E-state index contributed by atoms with van der Waals surface area (Å²) >= 11 is 0. The van der Waals surface area contributed by atoms with Crippen LogP contribution in [0.15, 0.2) is 47.4 Å². The third-order valence-corrected chi connectivity index (χ3v) is 7.45. The minimum atomic E-state index is -3.68. The molecule has 1 aliphatic rings. The van der Waals surface area contributed by atoms with E-state index in [2.05, 4.69) is 10.3 Å². The third kappa shape index (κ3) is 4.48. The topological polar surface area (TPSA) is 91.5 Å². The number of nitrogens with one attached hydrogen (secondary N) is 2. The van der Waals surface area contributed by atoms with E-state index in [0.29, 0.717) is 37.3 Å². The highest BCUT2D eigenvalue weighted by Crippen LogP contribution is 2.24. The van der Waals surface area contributed by atoms with Crippen molar-refractivity contribution in [1.82, 2.24) is 14.6 Å². The van der Waals surface area contributed by atoms with E-state index in [9.17, 15) is 17.6 Å². The molecule has 0 bridgehead atoms. The van der Waals surface area contributed by atoms with Crippen molar-refractivity contribution in [1.29, 1.82) is 0 Å². The summed E-state index contributed by atoms with van der Waals surface area (Å²) in [5.41, 5.74) is 2.81. The largest absolute Gasteiger partial charge is 0.379 e. The number of rotatable bonds is 6. The van der Waals surface area contributed by atoms with Gasteiger partial charge in [-0.25, -0.2) is 12.8 Å².